The lowest BCUT2D eigenvalue weighted by atomic mass is 10.00. The molecule has 32 heavy (non-hydrogen) atoms. The first-order chi connectivity index (χ1) is 15.6. The summed E-state index contributed by atoms with van der Waals surface area (Å²) < 4.78 is 8.96. The fraction of sp³-hybridized carbons (Fsp3) is 0.360. The third kappa shape index (κ3) is 4.26. The lowest BCUT2D eigenvalue weighted by Gasteiger charge is -2.32. The standard InChI is InChI=1S/C25H28N4O3/c1-28-13-11-20(12-14-28)32-23-21-5-3-2-4-17(21)10-15-29-16-22(27-24(23)29)18-6-8-19(9-7-18)26-25(30)31/h2-9,16,20,23,26H,10-15H2,1H3,(H,30,31). The minimum Gasteiger partial charge on any atom is -0.465 e. The maximum absolute atomic E-state index is 10.9. The zero-order valence-electron chi connectivity index (χ0n) is 18.2. The lowest BCUT2D eigenvalue weighted by Crippen LogP contribution is -2.35. The van der Waals surface area contributed by atoms with Gasteiger partial charge >= 0.3 is 6.09 Å². The molecular formula is C25H28N4O3. The molecule has 5 rings (SSSR count). The molecule has 1 atom stereocenters. The van der Waals surface area contributed by atoms with Crippen LogP contribution in [0.25, 0.3) is 11.3 Å². The van der Waals surface area contributed by atoms with E-state index in [1.165, 1.54) is 11.1 Å². The molecule has 1 aromatic heterocycles. The third-order valence-electron chi connectivity index (χ3n) is 6.43. The second-order valence-corrected chi connectivity index (χ2v) is 8.65. The fourth-order valence-electron chi connectivity index (χ4n) is 4.65. The molecule has 0 radical (unpaired) electrons. The summed E-state index contributed by atoms with van der Waals surface area (Å²) in [5.41, 5.74) is 4.90. The number of carbonyl (C=O) groups is 1. The van der Waals surface area contributed by atoms with Gasteiger partial charge in [0, 0.05) is 37.1 Å². The molecule has 0 aliphatic carbocycles. The highest BCUT2D eigenvalue weighted by Gasteiger charge is 2.30. The first kappa shape index (κ1) is 20.7. The van der Waals surface area contributed by atoms with Crippen LogP contribution >= 0.6 is 0 Å². The molecule has 166 valence electrons. The minimum absolute atomic E-state index is 0.191. The van der Waals surface area contributed by atoms with Crippen molar-refractivity contribution >= 4 is 11.8 Å². The summed E-state index contributed by atoms with van der Waals surface area (Å²) in [5, 5.41) is 11.3. The van der Waals surface area contributed by atoms with E-state index in [1.807, 2.05) is 12.1 Å². The van der Waals surface area contributed by atoms with Gasteiger partial charge in [-0.15, -0.1) is 0 Å². The molecule has 2 aromatic carbocycles. The summed E-state index contributed by atoms with van der Waals surface area (Å²) in [7, 11) is 2.16. The molecule has 0 spiro atoms. The summed E-state index contributed by atoms with van der Waals surface area (Å²) in [6.07, 6.45) is 4.04. The maximum atomic E-state index is 10.9. The van der Waals surface area contributed by atoms with Gasteiger partial charge in [0.1, 0.15) is 11.9 Å². The van der Waals surface area contributed by atoms with Gasteiger partial charge in [0.15, 0.2) is 0 Å². The normalized spacial score (nSPS) is 19.1. The van der Waals surface area contributed by atoms with Crippen LogP contribution in [-0.2, 0) is 17.7 Å². The molecule has 1 amide bonds. The van der Waals surface area contributed by atoms with Gasteiger partial charge < -0.3 is 19.3 Å². The Kier molecular flexibility index (Phi) is 5.68. The highest BCUT2D eigenvalue weighted by atomic mass is 16.5. The molecule has 7 nitrogen and oxygen atoms in total. The third-order valence-corrected chi connectivity index (χ3v) is 6.43. The molecular weight excluding hydrogens is 404 g/mol. The van der Waals surface area contributed by atoms with Crippen molar-refractivity contribution in [2.75, 3.05) is 25.5 Å². The second-order valence-electron chi connectivity index (χ2n) is 8.65. The SMILES string of the molecule is CN1CCC(OC2c3ccccc3CCn3cc(-c4ccc(NC(=O)O)cc4)nc32)CC1. The molecule has 7 heteroatoms. The summed E-state index contributed by atoms with van der Waals surface area (Å²) in [5.74, 6) is 0.941. The number of rotatable bonds is 4. The molecule has 1 saturated heterocycles. The van der Waals surface area contributed by atoms with Crippen molar-refractivity contribution in [2.24, 2.45) is 0 Å². The summed E-state index contributed by atoms with van der Waals surface area (Å²) in [6, 6.07) is 15.9. The number of aromatic nitrogens is 2. The molecule has 1 fully saturated rings. The predicted molar refractivity (Wildman–Crippen MR) is 123 cm³/mol. The Hall–Kier alpha value is -3.16. The van der Waals surface area contributed by atoms with Crippen LogP contribution in [0.15, 0.2) is 54.7 Å². The van der Waals surface area contributed by atoms with Crippen LogP contribution in [0.5, 0.6) is 0 Å². The van der Waals surface area contributed by atoms with Crippen molar-refractivity contribution in [2.45, 2.75) is 38.0 Å². The van der Waals surface area contributed by atoms with Crippen LogP contribution in [0, 0.1) is 0 Å². The van der Waals surface area contributed by atoms with Crippen LogP contribution in [0.2, 0.25) is 0 Å². The van der Waals surface area contributed by atoms with Crippen molar-refractivity contribution < 1.29 is 14.6 Å². The summed E-state index contributed by atoms with van der Waals surface area (Å²) >= 11 is 0. The number of hydrogen-bond acceptors (Lipinski definition) is 4. The highest BCUT2D eigenvalue weighted by Crippen LogP contribution is 2.36. The summed E-state index contributed by atoms with van der Waals surface area (Å²) in [6.45, 7) is 2.95. The quantitative estimate of drug-likeness (QED) is 0.639. The molecule has 0 bridgehead atoms. The minimum atomic E-state index is -1.07. The number of piperidine rings is 1. The van der Waals surface area contributed by atoms with Crippen molar-refractivity contribution in [3.8, 4) is 11.3 Å². The van der Waals surface area contributed by atoms with Gasteiger partial charge in [0.25, 0.3) is 0 Å². The van der Waals surface area contributed by atoms with Gasteiger partial charge in [-0.1, -0.05) is 36.4 Å². The Labute approximate surface area is 187 Å². The van der Waals surface area contributed by atoms with Gasteiger partial charge in [-0.2, -0.15) is 0 Å². The van der Waals surface area contributed by atoms with Gasteiger partial charge in [-0.3, -0.25) is 5.32 Å². The maximum Gasteiger partial charge on any atom is 0.409 e. The van der Waals surface area contributed by atoms with E-state index in [2.05, 4.69) is 52.3 Å². The van der Waals surface area contributed by atoms with Crippen LogP contribution in [-0.4, -0.2) is 51.9 Å². The van der Waals surface area contributed by atoms with Crippen LogP contribution < -0.4 is 5.32 Å². The van der Waals surface area contributed by atoms with Crippen LogP contribution in [0.1, 0.15) is 35.9 Å². The summed E-state index contributed by atoms with van der Waals surface area (Å²) in [4.78, 5) is 18.2. The monoisotopic (exact) mass is 432 g/mol. The van der Waals surface area contributed by atoms with Crippen molar-refractivity contribution in [1.82, 2.24) is 14.5 Å². The Morgan fingerprint density at radius 2 is 1.84 bits per heavy atom. The molecule has 2 aliphatic heterocycles. The predicted octanol–water partition coefficient (Wildman–Crippen LogP) is 4.40. The molecule has 0 saturated carbocycles. The average Bonchev–Trinajstić information content (AvgIpc) is 3.16. The number of aryl methyl sites for hydroxylation is 2. The molecule has 3 heterocycles. The van der Waals surface area contributed by atoms with Crippen molar-refractivity contribution in [1.29, 1.82) is 0 Å². The van der Waals surface area contributed by atoms with Gasteiger partial charge in [0.05, 0.1) is 11.8 Å². The number of nitrogens with one attached hydrogen (secondary N) is 1. The topological polar surface area (TPSA) is 79.6 Å². The van der Waals surface area contributed by atoms with Crippen molar-refractivity contribution in [3.63, 3.8) is 0 Å². The number of hydrogen-bond donors (Lipinski definition) is 2. The first-order valence-corrected chi connectivity index (χ1v) is 11.2. The van der Waals surface area contributed by atoms with E-state index < -0.39 is 6.09 Å². The second kappa shape index (κ2) is 8.76. The Morgan fingerprint density at radius 1 is 1.09 bits per heavy atom. The van der Waals surface area contributed by atoms with Crippen LogP contribution in [0.3, 0.4) is 0 Å². The van der Waals surface area contributed by atoms with E-state index in [1.54, 1.807) is 12.1 Å². The van der Waals surface area contributed by atoms with Gasteiger partial charge in [-0.25, -0.2) is 9.78 Å². The number of fused-ring (bicyclic) bond motifs is 2. The number of ether oxygens (including phenoxy) is 1. The lowest BCUT2D eigenvalue weighted by molar-refractivity contribution is -0.0275. The zero-order valence-corrected chi connectivity index (χ0v) is 18.2. The zero-order chi connectivity index (χ0) is 22.1. The number of anilines is 1. The first-order valence-electron chi connectivity index (χ1n) is 11.2. The van der Waals surface area contributed by atoms with E-state index in [-0.39, 0.29) is 12.2 Å². The van der Waals surface area contributed by atoms with Crippen molar-refractivity contribution in [3.05, 3.63) is 71.7 Å². The molecule has 2 N–H and O–H groups in total. The van der Waals surface area contributed by atoms with Gasteiger partial charge in [0.2, 0.25) is 0 Å². The Morgan fingerprint density at radius 3 is 2.59 bits per heavy atom. The number of nitrogens with zero attached hydrogens (tertiary/aromatic N) is 3. The van der Waals surface area contributed by atoms with E-state index >= 15 is 0 Å². The number of amides is 1. The fourth-order valence-corrected chi connectivity index (χ4v) is 4.65. The molecule has 3 aromatic rings. The number of likely N-dealkylation sites (tertiary alicyclic amines) is 1. The molecule has 2 aliphatic rings. The smallest absolute Gasteiger partial charge is 0.409 e. The van der Waals surface area contributed by atoms with Gasteiger partial charge in [-0.05, 0) is 49.6 Å². The highest BCUT2D eigenvalue weighted by molar-refractivity contribution is 5.83. The van der Waals surface area contributed by atoms with E-state index in [4.69, 9.17) is 14.8 Å². The number of benzene rings is 2. The van der Waals surface area contributed by atoms with E-state index in [0.29, 0.717) is 5.69 Å². The largest absolute Gasteiger partial charge is 0.465 e. The average molecular weight is 433 g/mol. The molecule has 1 unspecified atom stereocenters. The van der Waals surface area contributed by atoms with E-state index in [9.17, 15) is 4.79 Å². The van der Waals surface area contributed by atoms with Crippen LogP contribution in [0.4, 0.5) is 10.5 Å². The van der Waals surface area contributed by atoms with E-state index in [0.717, 1.165) is 56.0 Å². The Balaban J connectivity index is 1.47. The number of imidazole rings is 1. The Bertz CT molecular complexity index is 1100. The number of carboxylic acid groups (broad SMARTS) is 1.